The molecule has 0 aromatic heterocycles. The van der Waals surface area contributed by atoms with Crippen LogP contribution < -0.4 is 0 Å². The van der Waals surface area contributed by atoms with Crippen LogP contribution in [0.4, 0.5) is 0 Å². The second kappa shape index (κ2) is 8.11. The number of hydrogen-bond donors (Lipinski definition) is 3. The minimum Gasteiger partial charge on any atom is -0.508 e. The number of carbonyl (C=O) groups excluding carboxylic acids is 1. The molecule has 1 aliphatic carbocycles. The number of hydrogen-bond acceptors (Lipinski definition) is 4. The molecule has 3 N–H and O–H groups in total. The van der Waals surface area contributed by atoms with Crippen molar-refractivity contribution in [3.63, 3.8) is 0 Å². The molecule has 22 heavy (non-hydrogen) atoms. The van der Waals surface area contributed by atoms with E-state index in [9.17, 15) is 20.1 Å². The normalized spacial score (nSPS) is 26.8. The van der Waals surface area contributed by atoms with E-state index in [-0.39, 0.29) is 0 Å². The molecule has 0 spiro atoms. The minimum absolute atomic E-state index is 0.323. The number of aromatic hydroxyl groups is 1. The van der Waals surface area contributed by atoms with E-state index in [4.69, 9.17) is 0 Å². The summed E-state index contributed by atoms with van der Waals surface area (Å²) in [6.07, 6.45) is 5.48. The number of aliphatic hydroxyl groups excluding tert-OH is 2. The topological polar surface area (TPSA) is 77.8 Å². The quantitative estimate of drug-likeness (QED) is 0.801. The fourth-order valence-corrected chi connectivity index (χ4v) is 2.90. The first-order valence-corrected chi connectivity index (χ1v) is 7.91. The first kappa shape index (κ1) is 16.7. The third-order valence-corrected chi connectivity index (χ3v) is 4.36. The number of benzene rings is 1. The lowest BCUT2D eigenvalue weighted by atomic mass is 9.88. The van der Waals surface area contributed by atoms with Gasteiger partial charge in [-0.15, -0.1) is 0 Å². The van der Waals surface area contributed by atoms with Gasteiger partial charge >= 0.3 is 0 Å². The van der Waals surface area contributed by atoms with Gasteiger partial charge in [-0.3, -0.25) is 4.79 Å². The molecule has 0 saturated carbocycles. The molecular weight excluding hydrogens is 280 g/mol. The SMILES string of the molecule is O=C1C=CCCC(CCc2ccccc2O)CCC(O)C1O. The first-order chi connectivity index (χ1) is 10.6. The third kappa shape index (κ3) is 4.68. The number of rotatable bonds is 3. The molecule has 0 aliphatic heterocycles. The largest absolute Gasteiger partial charge is 0.508 e. The highest BCUT2D eigenvalue weighted by atomic mass is 16.3. The van der Waals surface area contributed by atoms with Crippen LogP contribution in [0.25, 0.3) is 0 Å². The lowest BCUT2D eigenvalue weighted by Crippen LogP contribution is -2.33. The molecule has 0 bridgehead atoms. The average Bonchev–Trinajstić information content (AvgIpc) is 2.52. The van der Waals surface area contributed by atoms with Gasteiger partial charge in [-0.2, -0.15) is 0 Å². The summed E-state index contributed by atoms with van der Waals surface area (Å²) in [7, 11) is 0. The Morgan fingerprint density at radius 3 is 2.64 bits per heavy atom. The number of allylic oxidation sites excluding steroid dienone is 1. The van der Waals surface area contributed by atoms with Crippen molar-refractivity contribution in [2.24, 2.45) is 5.92 Å². The maximum atomic E-state index is 11.5. The van der Waals surface area contributed by atoms with Crippen LogP contribution in [0.15, 0.2) is 36.4 Å². The van der Waals surface area contributed by atoms with Gasteiger partial charge in [-0.05, 0) is 62.1 Å². The molecule has 4 heteroatoms. The van der Waals surface area contributed by atoms with Gasteiger partial charge in [0, 0.05) is 0 Å². The van der Waals surface area contributed by atoms with Gasteiger partial charge in [0.1, 0.15) is 11.9 Å². The van der Waals surface area contributed by atoms with E-state index in [1.807, 2.05) is 18.2 Å². The molecule has 4 nitrogen and oxygen atoms in total. The molecule has 0 saturated heterocycles. The second-order valence-electron chi connectivity index (χ2n) is 6.01. The Hall–Kier alpha value is -1.65. The standard InChI is InChI=1S/C18H24O4/c19-15-7-4-2-6-14(15)11-9-13-5-1-3-8-16(20)18(22)17(21)12-10-13/h2-4,6-8,13,17-19,21-22H,1,5,9-12H2. The number of para-hydroxylation sites is 1. The fraction of sp³-hybridized carbons (Fsp3) is 0.500. The zero-order valence-electron chi connectivity index (χ0n) is 12.7. The van der Waals surface area contributed by atoms with E-state index in [2.05, 4.69) is 0 Å². The Labute approximate surface area is 131 Å². The highest BCUT2D eigenvalue weighted by molar-refractivity contribution is 5.93. The molecule has 0 fully saturated rings. The summed E-state index contributed by atoms with van der Waals surface area (Å²) in [4.78, 5) is 11.5. The highest BCUT2D eigenvalue weighted by Crippen LogP contribution is 2.25. The predicted octanol–water partition coefficient (Wildman–Crippen LogP) is 2.36. The zero-order valence-corrected chi connectivity index (χ0v) is 12.7. The Morgan fingerprint density at radius 2 is 1.86 bits per heavy atom. The minimum atomic E-state index is -1.31. The van der Waals surface area contributed by atoms with Crippen LogP contribution in [0.1, 0.15) is 37.7 Å². The van der Waals surface area contributed by atoms with Crippen LogP contribution in [0, 0.1) is 5.92 Å². The van der Waals surface area contributed by atoms with E-state index >= 15 is 0 Å². The summed E-state index contributed by atoms with van der Waals surface area (Å²) in [5, 5.41) is 29.4. The summed E-state index contributed by atoms with van der Waals surface area (Å²) in [5.41, 5.74) is 0.936. The molecule has 0 radical (unpaired) electrons. The van der Waals surface area contributed by atoms with Gasteiger partial charge in [0.25, 0.3) is 0 Å². The monoisotopic (exact) mass is 304 g/mol. The number of phenols is 1. The molecule has 120 valence electrons. The predicted molar refractivity (Wildman–Crippen MR) is 84.5 cm³/mol. The highest BCUT2D eigenvalue weighted by Gasteiger charge is 2.24. The molecule has 1 aromatic rings. The van der Waals surface area contributed by atoms with Gasteiger partial charge in [-0.1, -0.05) is 24.3 Å². The smallest absolute Gasteiger partial charge is 0.186 e. The zero-order chi connectivity index (χ0) is 15.9. The van der Waals surface area contributed by atoms with Gasteiger partial charge < -0.3 is 15.3 Å². The summed E-state index contributed by atoms with van der Waals surface area (Å²) < 4.78 is 0. The summed E-state index contributed by atoms with van der Waals surface area (Å²) >= 11 is 0. The van der Waals surface area contributed by atoms with Crippen molar-refractivity contribution in [3.8, 4) is 5.75 Å². The Bertz CT molecular complexity index is 524. The third-order valence-electron chi connectivity index (χ3n) is 4.36. The Kier molecular flexibility index (Phi) is 6.16. The van der Waals surface area contributed by atoms with Crippen LogP contribution in [0.2, 0.25) is 0 Å². The van der Waals surface area contributed by atoms with Gasteiger partial charge in [0.15, 0.2) is 5.78 Å². The molecule has 0 amide bonds. The number of aliphatic hydroxyl groups is 2. The number of ketones is 1. The maximum Gasteiger partial charge on any atom is 0.186 e. The summed E-state index contributed by atoms with van der Waals surface area (Å²) in [6, 6.07) is 7.34. The maximum absolute atomic E-state index is 11.5. The van der Waals surface area contributed by atoms with Crippen LogP contribution in [0.5, 0.6) is 5.75 Å². The molecule has 2 rings (SSSR count). The summed E-state index contributed by atoms with van der Waals surface area (Å²) in [5.74, 6) is 0.308. The molecular formula is C18H24O4. The fourth-order valence-electron chi connectivity index (χ4n) is 2.90. The molecule has 3 unspecified atom stereocenters. The number of aryl methyl sites for hydroxylation is 1. The number of phenolic OH excluding ortho intramolecular Hbond substituents is 1. The summed E-state index contributed by atoms with van der Waals surface area (Å²) in [6.45, 7) is 0. The van der Waals surface area contributed by atoms with Crippen molar-refractivity contribution < 1.29 is 20.1 Å². The van der Waals surface area contributed by atoms with E-state index < -0.39 is 18.0 Å². The number of carbonyl (C=O) groups is 1. The van der Waals surface area contributed by atoms with Crippen LogP contribution in [-0.2, 0) is 11.2 Å². The van der Waals surface area contributed by atoms with Crippen molar-refractivity contribution >= 4 is 5.78 Å². The average molecular weight is 304 g/mol. The van der Waals surface area contributed by atoms with Crippen molar-refractivity contribution in [2.45, 2.75) is 50.7 Å². The first-order valence-electron chi connectivity index (χ1n) is 7.91. The van der Waals surface area contributed by atoms with Crippen molar-refractivity contribution in [1.82, 2.24) is 0 Å². The van der Waals surface area contributed by atoms with Gasteiger partial charge in [0.2, 0.25) is 0 Å². The van der Waals surface area contributed by atoms with E-state index in [1.54, 1.807) is 12.1 Å². The second-order valence-corrected chi connectivity index (χ2v) is 6.01. The lowest BCUT2D eigenvalue weighted by molar-refractivity contribution is -0.128. The van der Waals surface area contributed by atoms with Gasteiger partial charge in [0.05, 0.1) is 6.10 Å². The van der Waals surface area contributed by atoms with Gasteiger partial charge in [-0.25, -0.2) is 0 Å². The molecule has 1 aromatic carbocycles. The van der Waals surface area contributed by atoms with Crippen LogP contribution >= 0.6 is 0 Å². The molecule has 3 atom stereocenters. The Morgan fingerprint density at radius 1 is 1.09 bits per heavy atom. The van der Waals surface area contributed by atoms with Crippen molar-refractivity contribution in [1.29, 1.82) is 0 Å². The van der Waals surface area contributed by atoms with Crippen LogP contribution in [-0.4, -0.2) is 33.3 Å². The lowest BCUT2D eigenvalue weighted by Gasteiger charge is -2.21. The van der Waals surface area contributed by atoms with Crippen molar-refractivity contribution in [2.75, 3.05) is 0 Å². The van der Waals surface area contributed by atoms with Crippen molar-refractivity contribution in [3.05, 3.63) is 42.0 Å². The van der Waals surface area contributed by atoms with E-state index in [0.29, 0.717) is 18.1 Å². The van der Waals surface area contributed by atoms with E-state index in [0.717, 1.165) is 37.7 Å². The molecule has 0 heterocycles. The van der Waals surface area contributed by atoms with E-state index in [1.165, 1.54) is 6.08 Å². The van der Waals surface area contributed by atoms with Crippen LogP contribution in [0.3, 0.4) is 0 Å². The Balaban J connectivity index is 1.94. The molecule has 1 aliphatic rings.